The van der Waals surface area contributed by atoms with Crippen LogP contribution in [0.15, 0.2) is 59.6 Å². The first-order valence-corrected chi connectivity index (χ1v) is 9.80. The Morgan fingerprint density at radius 3 is 2.43 bits per heavy atom. The summed E-state index contributed by atoms with van der Waals surface area (Å²) in [5.41, 5.74) is 1.89. The number of rotatable bonds is 10. The topological polar surface area (TPSA) is 74.8 Å². The highest BCUT2D eigenvalue weighted by molar-refractivity contribution is 5.90. The predicted molar refractivity (Wildman–Crippen MR) is 115 cm³/mol. The smallest absolute Gasteiger partial charge is 0.224 e. The van der Waals surface area contributed by atoms with E-state index in [-0.39, 0.29) is 5.91 Å². The number of benzene rings is 2. The third-order valence-electron chi connectivity index (χ3n) is 3.89. The van der Waals surface area contributed by atoms with Gasteiger partial charge in [-0.2, -0.15) is 0 Å². The van der Waals surface area contributed by atoms with Gasteiger partial charge < -0.3 is 20.7 Å². The van der Waals surface area contributed by atoms with E-state index >= 15 is 0 Å². The van der Waals surface area contributed by atoms with Crippen molar-refractivity contribution in [3.63, 3.8) is 0 Å². The molecule has 6 heteroatoms. The molecule has 3 N–H and O–H groups in total. The number of hydrogen-bond acceptors (Lipinski definition) is 3. The van der Waals surface area contributed by atoms with Crippen molar-refractivity contribution in [2.24, 2.45) is 4.99 Å². The van der Waals surface area contributed by atoms with Crippen molar-refractivity contribution in [1.29, 1.82) is 0 Å². The Hall–Kier alpha value is -3.02. The van der Waals surface area contributed by atoms with Gasteiger partial charge in [0.15, 0.2) is 5.96 Å². The Labute approximate surface area is 167 Å². The van der Waals surface area contributed by atoms with Gasteiger partial charge in [0.25, 0.3) is 0 Å². The molecule has 6 nitrogen and oxygen atoms in total. The fourth-order valence-corrected chi connectivity index (χ4v) is 2.51. The Kier molecular flexibility index (Phi) is 9.41. The quantitative estimate of drug-likeness (QED) is 0.334. The molecule has 0 aliphatic heterocycles. The van der Waals surface area contributed by atoms with E-state index in [0.717, 1.165) is 35.9 Å². The molecule has 0 aliphatic carbocycles. The number of nitrogens with one attached hydrogen (secondary N) is 3. The Morgan fingerprint density at radius 2 is 1.75 bits per heavy atom. The molecule has 28 heavy (non-hydrogen) atoms. The van der Waals surface area contributed by atoms with E-state index in [1.165, 1.54) is 0 Å². The average Bonchev–Trinajstić information content (AvgIpc) is 2.71. The van der Waals surface area contributed by atoms with Crippen LogP contribution in [0.2, 0.25) is 0 Å². The fourth-order valence-electron chi connectivity index (χ4n) is 2.51. The summed E-state index contributed by atoms with van der Waals surface area (Å²) in [6.45, 7) is 6.57. The molecular weight excluding hydrogens is 352 g/mol. The summed E-state index contributed by atoms with van der Waals surface area (Å²) in [6, 6.07) is 17.5. The summed E-state index contributed by atoms with van der Waals surface area (Å²) in [6.07, 6.45) is 1.38. The molecule has 0 fully saturated rings. The number of anilines is 1. The number of hydrogen-bond donors (Lipinski definition) is 3. The molecule has 0 saturated carbocycles. The molecular formula is C22H30N4O2. The van der Waals surface area contributed by atoms with Crippen molar-refractivity contribution in [1.82, 2.24) is 10.6 Å². The van der Waals surface area contributed by atoms with Crippen LogP contribution in [0.1, 0.15) is 32.3 Å². The second kappa shape index (κ2) is 12.4. The molecule has 0 atom stereocenters. The van der Waals surface area contributed by atoms with Crippen LogP contribution in [0, 0.1) is 0 Å². The Morgan fingerprint density at radius 1 is 1.00 bits per heavy atom. The van der Waals surface area contributed by atoms with Crippen LogP contribution in [0.4, 0.5) is 5.69 Å². The molecule has 0 saturated heterocycles. The summed E-state index contributed by atoms with van der Waals surface area (Å²) in [5, 5.41) is 9.39. The third-order valence-corrected chi connectivity index (χ3v) is 3.89. The van der Waals surface area contributed by atoms with Crippen LogP contribution in [-0.4, -0.2) is 31.6 Å². The lowest BCUT2D eigenvalue weighted by molar-refractivity contribution is -0.116. The molecule has 0 heterocycles. The average molecular weight is 383 g/mol. The van der Waals surface area contributed by atoms with Gasteiger partial charge in [0.2, 0.25) is 5.91 Å². The first-order chi connectivity index (χ1) is 13.7. The Balaban J connectivity index is 1.79. The van der Waals surface area contributed by atoms with Crippen LogP contribution in [-0.2, 0) is 11.3 Å². The van der Waals surface area contributed by atoms with Gasteiger partial charge in [0, 0.05) is 18.7 Å². The zero-order valence-electron chi connectivity index (χ0n) is 16.7. The highest BCUT2D eigenvalue weighted by Gasteiger charge is 2.02. The molecule has 2 aromatic rings. The molecule has 0 unspecified atom stereocenters. The van der Waals surface area contributed by atoms with Crippen LogP contribution in [0.3, 0.4) is 0 Å². The standard InChI is InChI=1S/C22H30N4O2/c1-3-8-21(27)26-19-13-11-18(12-14-19)17-25-22(23-4-2)24-15-16-28-20-9-6-5-7-10-20/h5-7,9-14H,3-4,8,15-17H2,1-2H3,(H,26,27)(H2,23,24,25). The fraction of sp³-hybridized carbons (Fsp3) is 0.364. The molecule has 0 aliphatic rings. The lowest BCUT2D eigenvalue weighted by atomic mass is 10.2. The number of aliphatic imine (C=N–C) groups is 1. The molecule has 0 spiro atoms. The van der Waals surface area contributed by atoms with Gasteiger partial charge in [-0.1, -0.05) is 37.3 Å². The van der Waals surface area contributed by atoms with E-state index in [1.54, 1.807) is 0 Å². The normalized spacial score (nSPS) is 11.0. The maximum Gasteiger partial charge on any atom is 0.224 e. The van der Waals surface area contributed by atoms with E-state index in [4.69, 9.17) is 4.74 Å². The van der Waals surface area contributed by atoms with Crippen molar-refractivity contribution in [2.45, 2.75) is 33.2 Å². The summed E-state index contributed by atoms with van der Waals surface area (Å²) >= 11 is 0. The first kappa shape index (κ1) is 21.3. The predicted octanol–water partition coefficient (Wildman–Crippen LogP) is 3.56. The van der Waals surface area contributed by atoms with Crippen LogP contribution < -0.4 is 20.7 Å². The SMILES string of the molecule is CCCC(=O)Nc1ccc(CN=C(NCC)NCCOc2ccccc2)cc1. The molecule has 150 valence electrons. The van der Waals surface area contributed by atoms with Crippen molar-refractivity contribution >= 4 is 17.6 Å². The maximum atomic E-state index is 11.6. The lowest BCUT2D eigenvalue weighted by Gasteiger charge is -2.12. The van der Waals surface area contributed by atoms with E-state index in [1.807, 2.05) is 68.4 Å². The van der Waals surface area contributed by atoms with Gasteiger partial charge in [-0.3, -0.25) is 4.79 Å². The number of ether oxygens (including phenoxy) is 1. The monoisotopic (exact) mass is 382 g/mol. The molecule has 2 aromatic carbocycles. The van der Waals surface area contributed by atoms with E-state index in [9.17, 15) is 4.79 Å². The minimum absolute atomic E-state index is 0.0459. The number of amides is 1. The molecule has 0 aromatic heterocycles. The van der Waals surface area contributed by atoms with Crippen molar-refractivity contribution in [2.75, 3.05) is 25.0 Å². The minimum atomic E-state index is 0.0459. The first-order valence-electron chi connectivity index (χ1n) is 9.80. The molecule has 2 rings (SSSR count). The van der Waals surface area contributed by atoms with Crippen LogP contribution in [0.25, 0.3) is 0 Å². The maximum absolute atomic E-state index is 11.6. The summed E-state index contributed by atoms with van der Waals surface area (Å²) in [4.78, 5) is 16.2. The molecule has 0 bridgehead atoms. The van der Waals surface area contributed by atoms with Gasteiger partial charge in [-0.25, -0.2) is 4.99 Å². The van der Waals surface area contributed by atoms with Gasteiger partial charge in [-0.05, 0) is 43.2 Å². The number of nitrogens with zero attached hydrogens (tertiary/aromatic N) is 1. The second-order valence-corrected chi connectivity index (χ2v) is 6.28. The van der Waals surface area contributed by atoms with Gasteiger partial charge in [-0.15, -0.1) is 0 Å². The van der Waals surface area contributed by atoms with Crippen LogP contribution >= 0.6 is 0 Å². The number of guanidine groups is 1. The van der Waals surface area contributed by atoms with Gasteiger partial charge in [0.05, 0.1) is 13.1 Å². The van der Waals surface area contributed by atoms with E-state index < -0.39 is 0 Å². The molecule has 0 radical (unpaired) electrons. The third kappa shape index (κ3) is 8.12. The second-order valence-electron chi connectivity index (χ2n) is 6.28. The van der Waals surface area contributed by atoms with Crippen LogP contribution in [0.5, 0.6) is 5.75 Å². The van der Waals surface area contributed by atoms with Gasteiger partial charge >= 0.3 is 0 Å². The number of para-hydroxylation sites is 1. The summed E-state index contributed by atoms with van der Waals surface area (Å²) in [5.74, 6) is 1.65. The molecule has 1 amide bonds. The number of carbonyl (C=O) groups is 1. The summed E-state index contributed by atoms with van der Waals surface area (Å²) in [7, 11) is 0. The zero-order chi connectivity index (χ0) is 20.0. The zero-order valence-corrected chi connectivity index (χ0v) is 16.7. The largest absolute Gasteiger partial charge is 0.492 e. The van der Waals surface area contributed by atoms with Crippen molar-refractivity contribution < 1.29 is 9.53 Å². The van der Waals surface area contributed by atoms with Crippen molar-refractivity contribution in [3.05, 3.63) is 60.2 Å². The highest BCUT2D eigenvalue weighted by Crippen LogP contribution is 2.11. The highest BCUT2D eigenvalue weighted by atomic mass is 16.5. The number of carbonyl (C=O) groups excluding carboxylic acids is 1. The van der Waals surface area contributed by atoms with E-state index in [0.29, 0.717) is 26.1 Å². The minimum Gasteiger partial charge on any atom is -0.492 e. The summed E-state index contributed by atoms with van der Waals surface area (Å²) < 4.78 is 5.68. The van der Waals surface area contributed by atoms with Gasteiger partial charge in [0.1, 0.15) is 12.4 Å². The Bertz CT molecular complexity index is 730. The lowest BCUT2D eigenvalue weighted by Crippen LogP contribution is -2.39. The van der Waals surface area contributed by atoms with E-state index in [2.05, 4.69) is 20.9 Å². The van der Waals surface area contributed by atoms with Crippen molar-refractivity contribution in [3.8, 4) is 5.75 Å².